The lowest BCUT2D eigenvalue weighted by Crippen LogP contribution is -3.19. The highest BCUT2D eigenvalue weighted by Gasteiger charge is 2.40. The molecule has 1 aliphatic rings. The number of carbonyl (C=O) groups is 1. The summed E-state index contributed by atoms with van der Waals surface area (Å²) in [5, 5.41) is 5.34. The van der Waals surface area contributed by atoms with Crippen LogP contribution >= 0.6 is 0 Å². The number of amides is 1. The third-order valence-electron chi connectivity index (χ3n) is 5.66. The van der Waals surface area contributed by atoms with Crippen molar-refractivity contribution in [3.63, 3.8) is 0 Å². The molecule has 4 N–H and O–H groups in total. The summed E-state index contributed by atoms with van der Waals surface area (Å²) < 4.78 is 5.14. The largest absolute Gasteiger partial charge is 0.497 e. The molecule has 1 aromatic carbocycles. The zero-order valence-electron chi connectivity index (χ0n) is 16.2. The molecule has 1 atom stereocenters. The summed E-state index contributed by atoms with van der Waals surface area (Å²) in [6.45, 7) is 3.25. The SMILES string of the molecule is COc1ccc(NC(=O)C[C@@H](C)[NH2+]CC2([NH+](C)C)CCCCC2)cc1. The number of ether oxygens (including phenoxy) is 1. The predicted molar refractivity (Wildman–Crippen MR) is 101 cm³/mol. The van der Waals surface area contributed by atoms with E-state index in [1.54, 1.807) is 12.0 Å². The second-order valence-corrected chi connectivity index (χ2v) is 7.74. The fourth-order valence-electron chi connectivity index (χ4n) is 3.83. The molecule has 25 heavy (non-hydrogen) atoms. The molecule has 1 aliphatic carbocycles. The molecule has 0 heterocycles. The van der Waals surface area contributed by atoms with E-state index in [4.69, 9.17) is 4.74 Å². The van der Waals surface area contributed by atoms with Crippen molar-refractivity contribution in [2.24, 2.45) is 0 Å². The summed E-state index contributed by atoms with van der Waals surface area (Å²) >= 11 is 0. The summed E-state index contributed by atoms with van der Waals surface area (Å²) in [5.74, 6) is 0.868. The van der Waals surface area contributed by atoms with Crippen LogP contribution in [0, 0.1) is 0 Å². The average Bonchev–Trinajstić information content (AvgIpc) is 2.61. The number of methoxy groups -OCH3 is 1. The Balaban J connectivity index is 1.80. The van der Waals surface area contributed by atoms with Crippen molar-refractivity contribution in [1.29, 1.82) is 0 Å². The lowest BCUT2D eigenvalue weighted by Gasteiger charge is -2.38. The molecule has 0 unspecified atom stereocenters. The van der Waals surface area contributed by atoms with E-state index in [1.165, 1.54) is 32.1 Å². The van der Waals surface area contributed by atoms with Crippen molar-refractivity contribution in [1.82, 2.24) is 0 Å². The van der Waals surface area contributed by atoms with Crippen molar-refractivity contribution in [3.05, 3.63) is 24.3 Å². The number of benzene rings is 1. The van der Waals surface area contributed by atoms with E-state index in [-0.39, 0.29) is 11.9 Å². The summed E-state index contributed by atoms with van der Waals surface area (Å²) in [6, 6.07) is 7.75. The standard InChI is InChI=1S/C20H33N3O2/c1-16(21-15-20(23(2)3)12-6-5-7-13-20)14-19(24)22-17-8-10-18(25-4)11-9-17/h8-11,16,21H,5-7,12-15H2,1-4H3,(H,22,24)/p+2/t16-/m1/s1. The first kappa shape index (κ1) is 19.7. The average molecular weight is 350 g/mol. The minimum absolute atomic E-state index is 0.0730. The second-order valence-electron chi connectivity index (χ2n) is 7.74. The molecule has 1 aromatic rings. The molecule has 0 saturated heterocycles. The number of nitrogens with two attached hydrogens (primary N) is 1. The van der Waals surface area contributed by atoms with Gasteiger partial charge in [-0.05, 0) is 44.0 Å². The van der Waals surface area contributed by atoms with E-state index in [1.807, 2.05) is 24.3 Å². The Morgan fingerprint density at radius 1 is 1.24 bits per heavy atom. The van der Waals surface area contributed by atoms with Crippen LogP contribution in [0.15, 0.2) is 24.3 Å². The van der Waals surface area contributed by atoms with Crippen LogP contribution in [0.4, 0.5) is 5.69 Å². The molecule has 0 aliphatic heterocycles. The molecule has 2 rings (SSSR count). The van der Waals surface area contributed by atoms with Gasteiger partial charge in [0.2, 0.25) is 5.91 Å². The molecular weight excluding hydrogens is 314 g/mol. The number of rotatable bonds is 8. The maximum atomic E-state index is 12.3. The van der Waals surface area contributed by atoms with Crippen LogP contribution in [0.1, 0.15) is 45.4 Å². The number of nitrogens with one attached hydrogen (secondary N) is 2. The van der Waals surface area contributed by atoms with Crippen molar-refractivity contribution in [2.45, 2.75) is 57.0 Å². The first-order valence-electron chi connectivity index (χ1n) is 9.53. The molecule has 1 fully saturated rings. The molecule has 1 saturated carbocycles. The molecule has 140 valence electrons. The zero-order chi connectivity index (χ0) is 18.3. The topological polar surface area (TPSA) is 59.4 Å². The summed E-state index contributed by atoms with van der Waals surface area (Å²) in [6.07, 6.45) is 7.18. The van der Waals surface area contributed by atoms with Gasteiger partial charge in [-0.25, -0.2) is 0 Å². The fraction of sp³-hybridized carbons (Fsp3) is 0.650. The minimum atomic E-state index is 0.0730. The molecule has 0 spiro atoms. The van der Waals surface area contributed by atoms with Crippen molar-refractivity contribution in [2.75, 3.05) is 33.1 Å². The third-order valence-corrected chi connectivity index (χ3v) is 5.66. The smallest absolute Gasteiger partial charge is 0.230 e. The van der Waals surface area contributed by atoms with E-state index in [9.17, 15) is 4.79 Å². The van der Waals surface area contributed by atoms with Crippen molar-refractivity contribution < 1.29 is 19.7 Å². The monoisotopic (exact) mass is 349 g/mol. The lowest BCUT2D eigenvalue weighted by atomic mass is 9.80. The van der Waals surface area contributed by atoms with Crippen molar-refractivity contribution >= 4 is 11.6 Å². The Morgan fingerprint density at radius 3 is 2.44 bits per heavy atom. The van der Waals surface area contributed by atoms with E-state index in [2.05, 4.69) is 31.7 Å². The van der Waals surface area contributed by atoms with Gasteiger partial charge in [-0.2, -0.15) is 0 Å². The molecule has 0 radical (unpaired) electrons. The Labute approximate surface area is 152 Å². The highest BCUT2D eigenvalue weighted by Crippen LogP contribution is 2.24. The summed E-state index contributed by atoms with van der Waals surface area (Å²) in [7, 11) is 6.19. The van der Waals surface area contributed by atoms with Crippen LogP contribution in [-0.4, -0.2) is 45.2 Å². The maximum absolute atomic E-state index is 12.3. The van der Waals surface area contributed by atoms with Crippen LogP contribution in [0.2, 0.25) is 0 Å². The highest BCUT2D eigenvalue weighted by atomic mass is 16.5. The van der Waals surface area contributed by atoms with E-state index < -0.39 is 0 Å². The first-order chi connectivity index (χ1) is 11.9. The molecule has 1 amide bonds. The van der Waals surface area contributed by atoms with E-state index in [0.717, 1.165) is 18.0 Å². The zero-order valence-corrected chi connectivity index (χ0v) is 16.2. The normalized spacial score (nSPS) is 18.0. The molecule has 5 nitrogen and oxygen atoms in total. The van der Waals surface area contributed by atoms with Gasteiger partial charge >= 0.3 is 0 Å². The van der Waals surface area contributed by atoms with Gasteiger partial charge in [-0.3, -0.25) is 4.79 Å². The summed E-state index contributed by atoms with van der Waals surface area (Å²) in [4.78, 5) is 13.8. The Hall–Kier alpha value is -1.59. The van der Waals surface area contributed by atoms with Crippen molar-refractivity contribution in [3.8, 4) is 5.75 Å². The Kier molecular flexibility index (Phi) is 7.26. The minimum Gasteiger partial charge on any atom is -0.497 e. The maximum Gasteiger partial charge on any atom is 0.230 e. The quantitative estimate of drug-likeness (QED) is 0.651. The van der Waals surface area contributed by atoms with Crippen LogP contribution in [0.3, 0.4) is 0 Å². The fourth-order valence-corrected chi connectivity index (χ4v) is 3.83. The number of anilines is 1. The Morgan fingerprint density at radius 2 is 1.88 bits per heavy atom. The number of hydrogen-bond acceptors (Lipinski definition) is 2. The predicted octanol–water partition coefficient (Wildman–Crippen LogP) is 0.823. The van der Waals surface area contributed by atoms with E-state index in [0.29, 0.717) is 12.0 Å². The van der Waals surface area contributed by atoms with Crippen LogP contribution in [0.25, 0.3) is 0 Å². The van der Waals surface area contributed by atoms with Gasteiger partial charge in [-0.1, -0.05) is 6.42 Å². The third kappa shape index (κ3) is 5.72. The van der Waals surface area contributed by atoms with Gasteiger partial charge in [-0.15, -0.1) is 0 Å². The lowest BCUT2D eigenvalue weighted by molar-refractivity contribution is -0.936. The Bertz CT molecular complexity index is 536. The molecule has 5 heteroatoms. The number of quaternary nitrogens is 2. The number of likely N-dealkylation sites (N-methyl/N-ethyl adjacent to an activating group) is 1. The highest BCUT2D eigenvalue weighted by molar-refractivity contribution is 5.90. The van der Waals surface area contributed by atoms with Crippen LogP contribution in [-0.2, 0) is 4.79 Å². The molecule has 0 aromatic heterocycles. The van der Waals surface area contributed by atoms with Gasteiger partial charge in [0.25, 0.3) is 0 Å². The number of hydrogen-bond donors (Lipinski definition) is 3. The van der Waals surface area contributed by atoms with Gasteiger partial charge in [0.15, 0.2) is 0 Å². The van der Waals surface area contributed by atoms with E-state index >= 15 is 0 Å². The van der Waals surface area contributed by atoms with Crippen LogP contribution in [0.5, 0.6) is 5.75 Å². The van der Waals surface area contributed by atoms with Gasteiger partial charge in [0.1, 0.15) is 17.8 Å². The summed E-state index contributed by atoms with van der Waals surface area (Å²) in [5.41, 5.74) is 1.19. The first-order valence-corrected chi connectivity index (χ1v) is 9.53. The molecular formula is C20H35N3O2+2. The van der Waals surface area contributed by atoms with Crippen LogP contribution < -0.4 is 20.3 Å². The molecule has 0 bridgehead atoms. The van der Waals surface area contributed by atoms with Gasteiger partial charge in [0, 0.05) is 18.5 Å². The van der Waals surface area contributed by atoms with Gasteiger partial charge < -0.3 is 20.3 Å². The van der Waals surface area contributed by atoms with Gasteiger partial charge in [0.05, 0.1) is 33.7 Å². The number of carbonyl (C=O) groups excluding carboxylic acids is 1. The second kappa shape index (κ2) is 9.20.